The first kappa shape index (κ1) is 12.4. The fourth-order valence-electron chi connectivity index (χ4n) is 2.21. The molecule has 0 radical (unpaired) electrons. The van der Waals surface area contributed by atoms with Crippen molar-refractivity contribution in [3.05, 3.63) is 54.5 Å². The number of nitrogens with one attached hydrogen (secondary N) is 1. The summed E-state index contributed by atoms with van der Waals surface area (Å²) in [6, 6.07) is 12.8. The number of carboxylic acids is 1. The highest BCUT2D eigenvalue weighted by Gasteiger charge is 2.18. The number of nitrogens with zero attached hydrogens (tertiary/aromatic N) is 1. The Morgan fingerprint density at radius 3 is 2.75 bits per heavy atom. The smallest absolute Gasteiger partial charge is 0.328 e. The number of hydrogen-bond acceptors (Lipinski definition) is 3. The molecule has 0 spiro atoms. The van der Waals surface area contributed by atoms with Crippen LogP contribution >= 0.6 is 0 Å². The molecular weight excluding hydrogens is 254 g/mol. The van der Waals surface area contributed by atoms with Gasteiger partial charge in [-0.25, -0.2) is 4.98 Å². The standard InChI is InChI=1S/C15H13N3O2/c16-13(15(19)20)14-17-8-12(18-14)11-7-3-5-9-4-1-2-6-10(9)11/h1-8,13H,16H2,(H,17,18)(H,19,20). The Morgan fingerprint density at radius 2 is 1.95 bits per heavy atom. The van der Waals surface area contributed by atoms with E-state index in [1.807, 2.05) is 42.5 Å². The molecule has 0 amide bonds. The molecule has 20 heavy (non-hydrogen) atoms. The van der Waals surface area contributed by atoms with E-state index in [1.165, 1.54) is 0 Å². The third-order valence-corrected chi connectivity index (χ3v) is 3.24. The maximum atomic E-state index is 10.9. The second-order valence-electron chi connectivity index (χ2n) is 4.52. The molecule has 5 heteroatoms. The van der Waals surface area contributed by atoms with Crippen LogP contribution in [0.1, 0.15) is 11.9 Å². The molecule has 1 unspecified atom stereocenters. The van der Waals surface area contributed by atoms with E-state index < -0.39 is 12.0 Å². The van der Waals surface area contributed by atoms with Crippen LogP contribution < -0.4 is 5.73 Å². The van der Waals surface area contributed by atoms with Crippen LogP contribution in [-0.4, -0.2) is 21.0 Å². The number of H-pyrrole nitrogens is 1. The summed E-state index contributed by atoms with van der Waals surface area (Å²) >= 11 is 0. The van der Waals surface area contributed by atoms with E-state index >= 15 is 0 Å². The van der Waals surface area contributed by atoms with Gasteiger partial charge in [-0.2, -0.15) is 0 Å². The molecule has 0 saturated heterocycles. The van der Waals surface area contributed by atoms with Crippen molar-refractivity contribution in [3.63, 3.8) is 0 Å². The first-order chi connectivity index (χ1) is 9.66. The molecule has 0 aliphatic carbocycles. The van der Waals surface area contributed by atoms with Crippen LogP contribution in [0.3, 0.4) is 0 Å². The molecule has 2 aromatic carbocycles. The molecule has 0 bridgehead atoms. The highest BCUT2D eigenvalue weighted by Crippen LogP contribution is 2.27. The molecule has 4 N–H and O–H groups in total. The average molecular weight is 267 g/mol. The third-order valence-electron chi connectivity index (χ3n) is 3.24. The van der Waals surface area contributed by atoms with Gasteiger partial charge in [0.05, 0.1) is 11.9 Å². The predicted octanol–water partition coefficient (Wildman–Crippen LogP) is 2.31. The molecule has 1 atom stereocenters. The minimum atomic E-state index is -1.14. The fourth-order valence-corrected chi connectivity index (χ4v) is 2.21. The highest BCUT2D eigenvalue weighted by molar-refractivity contribution is 5.95. The monoisotopic (exact) mass is 267 g/mol. The lowest BCUT2D eigenvalue weighted by atomic mass is 10.0. The summed E-state index contributed by atoms with van der Waals surface area (Å²) in [4.78, 5) is 17.9. The Morgan fingerprint density at radius 1 is 1.20 bits per heavy atom. The molecule has 0 fully saturated rings. The Hall–Kier alpha value is -2.66. The fraction of sp³-hybridized carbons (Fsp3) is 0.0667. The van der Waals surface area contributed by atoms with Gasteiger partial charge in [-0.05, 0) is 10.8 Å². The maximum Gasteiger partial charge on any atom is 0.328 e. The van der Waals surface area contributed by atoms with Crippen molar-refractivity contribution in [3.8, 4) is 11.3 Å². The Bertz CT molecular complexity index is 774. The zero-order valence-corrected chi connectivity index (χ0v) is 10.6. The van der Waals surface area contributed by atoms with E-state index in [2.05, 4.69) is 9.97 Å². The van der Waals surface area contributed by atoms with Crippen molar-refractivity contribution in [2.75, 3.05) is 0 Å². The molecular formula is C15H13N3O2. The van der Waals surface area contributed by atoms with Crippen LogP contribution in [-0.2, 0) is 4.79 Å². The van der Waals surface area contributed by atoms with E-state index in [4.69, 9.17) is 10.8 Å². The van der Waals surface area contributed by atoms with E-state index in [0.29, 0.717) is 0 Å². The van der Waals surface area contributed by atoms with Crippen LogP contribution in [0.25, 0.3) is 22.0 Å². The zero-order valence-electron chi connectivity index (χ0n) is 10.6. The summed E-state index contributed by atoms with van der Waals surface area (Å²) in [7, 11) is 0. The largest absolute Gasteiger partial charge is 0.480 e. The van der Waals surface area contributed by atoms with Gasteiger partial charge in [-0.15, -0.1) is 0 Å². The number of aromatic amines is 1. The zero-order chi connectivity index (χ0) is 14.1. The number of fused-ring (bicyclic) bond motifs is 1. The van der Waals surface area contributed by atoms with Crippen LogP contribution in [0.4, 0.5) is 0 Å². The van der Waals surface area contributed by atoms with Gasteiger partial charge in [0.15, 0.2) is 6.04 Å². The van der Waals surface area contributed by atoms with Gasteiger partial charge < -0.3 is 15.8 Å². The maximum absolute atomic E-state index is 10.9. The van der Waals surface area contributed by atoms with Gasteiger partial charge in [-0.1, -0.05) is 42.5 Å². The average Bonchev–Trinajstić information content (AvgIpc) is 2.95. The van der Waals surface area contributed by atoms with Crippen molar-refractivity contribution < 1.29 is 9.90 Å². The summed E-state index contributed by atoms with van der Waals surface area (Å²) in [5.41, 5.74) is 7.28. The summed E-state index contributed by atoms with van der Waals surface area (Å²) in [6.07, 6.45) is 1.61. The van der Waals surface area contributed by atoms with Gasteiger partial charge in [0.25, 0.3) is 0 Å². The summed E-state index contributed by atoms with van der Waals surface area (Å²) in [5, 5.41) is 11.1. The van der Waals surface area contributed by atoms with Crippen LogP contribution in [0.5, 0.6) is 0 Å². The third kappa shape index (κ3) is 2.04. The normalized spacial score (nSPS) is 12.4. The van der Waals surface area contributed by atoms with Crippen LogP contribution in [0.15, 0.2) is 48.7 Å². The Balaban J connectivity index is 2.10. The van der Waals surface area contributed by atoms with Crippen molar-refractivity contribution in [1.82, 2.24) is 9.97 Å². The summed E-state index contributed by atoms with van der Waals surface area (Å²) < 4.78 is 0. The van der Waals surface area contributed by atoms with E-state index in [0.717, 1.165) is 22.0 Å². The number of hydrogen-bond donors (Lipinski definition) is 3. The quantitative estimate of drug-likeness (QED) is 0.679. The number of rotatable bonds is 3. The lowest BCUT2D eigenvalue weighted by Gasteiger charge is -2.05. The van der Waals surface area contributed by atoms with Gasteiger partial charge >= 0.3 is 5.97 Å². The van der Waals surface area contributed by atoms with Crippen molar-refractivity contribution in [2.24, 2.45) is 5.73 Å². The number of aliphatic carboxylic acids is 1. The molecule has 3 aromatic rings. The Labute approximate surface area is 115 Å². The molecule has 1 heterocycles. The number of nitrogens with two attached hydrogens (primary N) is 1. The highest BCUT2D eigenvalue weighted by atomic mass is 16.4. The summed E-state index contributed by atoms with van der Waals surface area (Å²) in [6.45, 7) is 0. The topological polar surface area (TPSA) is 92.0 Å². The molecule has 5 nitrogen and oxygen atoms in total. The van der Waals surface area contributed by atoms with Gasteiger partial charge in [0.2, 0.25) is 0 Å². The molecule has 100 valence electrons. The van der Waals surface area contributed by atoms with Crippen molar-refractivity contribution >= 4 is 16.7 Å². The molecule has 0 saturated carbocycles. The first-order valence-electron chi connectivity index (χ1n) is 6.18. The number of benzene rings is 2. The first-order valence-corrected chi connectivity index (χ1v) is 6.18. The lowest BCUT2D eigenvalue weighted by molar-refractivity contribution is -0.138. The van der Waals surface area contributed by atoms with Crippen LogP contribution in [0.2, 0.25) is 0 Å². The second-order valence-corrected chi connectivity index (χ2v) is 4.52. The van der Waals surface area contributed by atoms with E-state index in [1.54, 1.807) is 6.20 Å². The SMILES string of the molecule is NC(C(=O)O)c1ncc(-c2cccc3ccccc23)[nH]1. The van der Waals surface area contributed by atoms with Crippen molar-refractivity contribution in [2.45, 2.75) is 6.04 Å². The summed E-state index contributed by atoms with van der Waals surface area (Å²) in [5.74, 6) is -0.857. The molecule has 3 rings (SSSR count). The lowest BCUT2D eigenvalue weighted by Crippen LogP contribution is -2.21. The van der Waals surface area contributed by atoms with Gasteiger partial charge in [0, 0.05) is 5.56 Å². The van der Waals surface area contributed by atoms with E-state index in [9.17, 15) is 4.79 Å². The number of aromatic nitrogens is 2. The number of carboxylic acid groups (broad SMARTS) is 1. The van der Waals surface area contributed by atoms with Gasteiger partial charge in [0.1, 0.15) is 5.82 Å². The number of imidazole rings is 1. The van der Waals surface area contributed by atoms with Crippen LogP contribution in [0, 0.1) is 0 Å². The van der Waals surface area contributed by atoms with Gasteiger partial charge in [-0.3, -0.25) is 4.79 Å². The minimum Gasteiger partial charge on any atom is -0.480 e. The predicted molar refractivity (Wildman–Crippen MR) is 76.1 cm³/mol. The Kier molecular flexibility index (Phi) is 2.96. The molecule has 0 aliphatic heterocycles. The number of carbonyl (C=O) groups is 1. The van der Waals surface area contributed by atoms with Crippen molar-refractivity contribution in [1.29, 1.82) is 0 Å². The molecule has 0 aliphatic rings. The van der Waals surface area contributed by atoms with E-state index in [-0.39, 0.29) is 5.82 Å². The second kappa shape index (κ2) is 4.79. The molecule has 1 aromatic heterocycles. The minimum absolute atomic E-state index is 0.250.